The van der Waals surface area contributed by atoms with E-state index in [4.69, 9.17) is 16.2 Å². The van der Waals surface area contributed by atoms with Gasteiger partial charge in [0.15, 0.2) is 0 Å². The Bertz CT molecular complexity index is 1140. The Morgan fingerprint density at radius 3 is 2.07 bits per heavy atom. The molecule has 1 aliphatic heterocycles. The van der Waals surface area contributed by atoms with Crippen LogP contribution in [0.5, 0.6) is 0 Å². The summed E-state index contributed by atoms with van der Waals surface area (Å²) < 4.78 is 5.50. The van der Waals surface area contributed by atoms with Gasteiger partial charge < -0.3 is 32.2 Å². The molecule has 0 radical (unpaired) electrons. The molecule has 0 unspecified atom stereocenters. The van der Waals surface area contributed by atoms with Crippen molar-refractivity contribution in [2.75, 3.05) is 24.7 Å². The zero-order chi connectivity index (χ0) is 33.4. The summed E-state index contributed by atoms with van der Waals surface area (Å²) in [6, 6.07) is 6.49. The Morgan fingerprint density at radius 2 is 1.53 bits per heavy atom. The van der Waals surface area contributed by atoms with Crippen molar-refractivity contribution < 1.29 is 28.7 Å². The van der Waals surface area contributed by atoms with Crippen LogP contribution in [-0.4, -0.2) is 71.9 Å². The maximum atomic E-state index is 13.8. The van der Waals surface area contributed by atoms with Crippen LogP contribution in [0.4, 0.5) is 0 Å². The van der Waals surface area contributed by atoms with Gasteiger partial charge in [0.05, 0.1) is 0 Å². The minimum absolute atomic E-state index is 0.0789. The van der Waals surface area contributed by atoms with E-state index < -0.39 is 35.3 Å². The standard InChI is InChI=1S/C32H51N5O6S2/c1-5-22(4)28(29(34)40)36-30(41)25(17-21(2)3)35-31(42)32(11-13-43-14-12-32)37-27(39)10-16-45-20-24-8-6-7-23(18-24)19-44-15-9-26(33)38/h6-8,18,21-22,25,28H,5,9-17,19-20H2,1-4H3,(H2,33,38)(H2,34,40)(H,35,42)(H,36,41)(H,37,39)/t22-,25-,28-/m0/s1. The maximum Gasteiger partial charge on any atom is 0.246 e. The van der Waals surface area contributed by atoms with Gasteiger partial charge in [0.1, 0.15) is 17.6 Å². The minimum Gasteiger partial charge on any atom is -0.381 e. The molecule has 0 aliphatic carbocycles. The lowest BCUT2D eigenvalue weighted by Crippen LogP contribution is -2.64. The second-order valence-electron chi connectivity index (χ2n) is 12.1. The summed E-state index contributed by atoms with van der Waals surface area (Å²) in [5.74, 6) is 0.642. The molecule has 1 aromatic rings. The Morgan fingerprint density at radius 1 is 0.933 bits per heavy atom. The number of ether oxygens (including phenoxy) is 1. The molecule has 1 fully saturated rings. The molecule has 1 heterocycles. The molecular formula is C32H51N5O6S2. The predicted molar refractivity (Wildman–Crippen MR) is 180 cm³/mol. The van der Waals surface area contributed by atoms with Gasteiger partial charge in [-0.05, 0) is 29.4 Å². The molecule has 0 spiro atoms. The molecule has 0 bridgehead atoms. The summed E-state index contributed by atoms with van der Waals surface area (Å²) in [6.45, 7) is 8.24. The summed E-state index contributed by atoms with van der Waals surface area (Å²) in [7, 11) is 0. The summed E-state index contributed by atoms with van der Waals surface area (Å²) in [6.07, 6.45) is 2.17. The molecule has 45 heavy (non-hydrogen) atoms. The van der Waals surface area contributed by atoms with Gasteiger partial charge in [0, 0.05) is 61.9 Å². The molecule has 1 aliphatic rings. The predicted octanol–water partition coefficient (Wildman–Crippen LogP) is 2.63. The highest BCUT2D eigenvalue weighted by Crippen LogP contribution is 2.23. The third-order valence-corrected chi connectivity index (χ3v) is 9.86. The topological polar surface area (TPSA) is 183 Å². The highest BCUT2D eigenvalue weighted by molar-refractivity contribution is 7.98. The first-order valence-corrected chi connectivity index (χ1v) is 18.0. The Kier molecular flexibility index (Phi) is 16.8. The minimum atomic E-state index is -1.20. The Labute approximate surface area is 275 Å². The monoisotopic (exact) mass is 665 g/mol. The summed E-state index contributed by atoms with van der Waals surface area (Å²) in [5, 5.41) is 8.60. The number of thioether (sulfide) groups is 2. The van der Waals surface area contributed by atoms with Crippen molar-refractivity contribution in [1.82, 2.24) is 16.0 Å². The quantitative estimate of drug-likeness (QED) is 0.132. The summed E-state index contributed by atoms with van der Waals surface area (Å²) in [5.41, 5.74) is 11.9. The molecule has 11 nitrogen and oxygen atoms in total. The van der Waals surface area contributed by atoms with Crippen molar-refractivity contribution in [1.29, 1.82) is 0 Å². The number of rotatable bonds is 20. The van der Waals surface area contributed by atoms with E-state index in [-0.39, 0.29) is 42.9 Å². The van der Waals surface area contributed by atoms with Crippen LogP contribution in [0.1, 0.15) is 77.3 Å². The molecule has 0 aromatic heterocycles. The number of carbonyl (C=O) groups excluding carboxylic acids is 5. The molecule has 5 amide bonds. The maximum absolute atomic E-state index is 13.8. The van der Waals surface area contributed by atoms with E-state index in [2.05, 4.69) is 28.1 Å². The third kappa shape index (κ3) is 13.6. The first-order valence-electron chi connectivity index (χ1n) is 15.7. The van der Waals surface area contributed by atoms with Crippen LogP contribution < -0.4 is 27.4 Å². The van der Waals surface area contributed by atoms with Crippen molar-refractivity contribution in [3.8, 4) is 0 Å². The average Bonchev–Trinajstić information content (AvgIpc) is 2.99. The van der Waals surface area contributed by atoms with E-state index in [1.807, 2.05) is 39.8 Å². The lowest BCUT2D eigenvalue weighted by molar-refractivity contribution is -0.140. The lowest BCUT2D eigenvalue weighted by atomic mass is 9.87. The molecule has 13 heteroatoms. The Balaban J connectivity index is 1.97. The Hall–Kier alpha value is -2.77. The second kappa shape index (κ2) is 19.7. The number of carbonyl (C=O) groups is 5. The van der Waals surface area contributed by atoms with Crippen LogP contribution in [0.2, 0.25) is 0 Å². The molecular weight excluding hydrogens is 615 g/mol. The number of primary amides is 2. The molecule has 1 aromatic carbocycles. The summed E-state index contributed by atoms with van der Waals surface area (Å²) >= 11 is 3.30. The number of amides is 5. The van der Waals surface area contributed by atoms with Gasteiger partial charge in [0.2, 0.25) is 29.5 Å². The van der Waals surface area contributed by atoms with E-state index >= 15 is 0 Å². The van der Waals surface area contributed by atoms with Crippen molar-refractivity contribution in [3.63, 3.8) is 0 Å². The SMILES string of the molecule is CC[C@H](C)[C@H](NC(=O)[C@H](CC(C)C)NC(=O)C1(NC(=O)CCSCc2cccc(CSCCC(N)=O)c2)CCOCC1)C(N)=O. The van der Waals surface area contributed by atoms with Gasteiger partial charge in [-0.1, -0.05) is 58.4 Å². The zero-order valence-corrected chi connectivity index (χ0v) is 28.7. The van der Waals surface area contributed by atoms with Gasteiger partial charge in [-0.3, -0.25) is 24.0 Å². The fourth-order valence-electron chi connectivity index (χ4n) is 4.97. The van der Waals surface area contributed by atoms with Crippen molar-refractivity contribution >= 4 is 53.1 Å². The molecule has 252 valence electrons. The fourth-order valence-corrected chi connectivity index (χ4v) is 6.76. The number of benzene rings is 1. The van der Waals surface area contributed by atoms with E-state index in [9.17, 15) is 24.0 Å². The van der Waals surface area contributed by atoms with E-state index in [0.717, 1.165) is 17.1 Å². The number of hydrogen-bond donors (Lipinski definition) is 5. The number of nitrogens with two attached hydrogens (primary N) is 2. The van der Waals surface area contributed by atoms with Crippen LogP contribution in [0, 0.1) is 11.8 Å². The first-order chi connectivity index (χ1) is 21.4. The second-order valence-corrected chi connectivity index (χ2v) is 14.3. The van der Waals surface area contributed by atoms with E-state index in [1.165, 1.54) is 5.56 Å². The number of hydrogen-bond acceptors (Lipinski definition) is 8. The fraction of sp³-hybridized carbons (Fsp3) is 0.656. The van der Waals surface area contributed by atoms with Crippen molar-refractivity contribution in [2.24, 2.45) is 23.3 Å². The van der Waals surface area contributed by atoms with Crippen molar-refractivity contribution in [3.05, 3.63) is 35.4 Å². The molecule has 1 saturated heterocycles. The summed E-state index contributed by atoms with van der Waals surface area (Å²) in [4.78, 5) is 63.1. The lowest BCUT2D eigenvalue weighted by Gasteiger charge is -2.38. The van der Waals surface area contributed by atoms with Gasteiger partial charge in [0.25, 0.3) is 0 Å². The van der Waals surface area contributed by atoms with Crippen LogP contribution in [0.3, 0.4) is 0 Å². The number of nitrogens with one attached hydrogen (secondary N) is 3. The smallest absolute Gasteiger partial charge is 0.246 e. The largest absolute Gasteiger partial charge is 0.381 e. The first kappa shape index (κ1) is 38.4. The van der Waals surface area contributed by atoms with Crippen LogP contribution in [0.25, 0.3) is 0 Å². The zero-order valence-electron chi connectivity index (χ0n) is 27.0. The molecule has 7 N–H and O–H groups in total. The molecule has 0 saturated carbocycles. The van der Waals surface area contributed by atoms with Crippen LogP contribution >= 0.6 is 23.5 Å². The van der Waals surface area contributed by atoms with Gasteiger partial charge in [-0.15, -0.1) is 0 Å². The average molecular weight is 666 g/mol. The molecule has 3 atom stereocenters. The van der Waals surface area contributed by atoms with Crippen molar-refractivity contribution in [2.45, 2.75) is 95.3 Å². The van der Waals surface area contributed by atoms with Crippen LogP contribution in [-0.2, 0) is 40.2 Å². The van der Waals surface area contributed by atoms with Gasteiger partial charge in [-0.25, -0.2) is 0 Å². The highest BCUT2D eigenvalue weighted by atomic mass is 32.2. The van der Waals surface area contributed by atoms with Gasteiger partial charge in [-0.2, -0.15) is 23.5 Å². The molecule has 2 rings (SSSR count). The van der Waals surface area contributed by atoms with Gasteiger partial charge >= 0.3 is 0 Å². The van der Waals surface area contributed by atoms with E-state index in [1.54, 1.807) is 23.5 Å². The van der Waals surface area contributed by atoms with Crippen LogP contribution in [0.15, 0.2) is 24.3 Å². The normalized spacial score (nSPS) is 16.3. The van der Waals surface area contributed by atoms with E-state index in [0.29, 0.717) is 44.0 Å². The highest BCUT2D eigenvalue weighted by Gasteiger charge is 2.43. The third-order valence-electron chi connectivity index (χ3n) is 7.80.